The van der Waals surface area contributed by atoms with Gasteiger partial charge in [0.15, 0.2) is 0 Å². The molecule has 2 saturated carbocycles. The number of ether oxygens (including phenoxy) is 2. The van der Waals surface area contributed by atoms with Crippen LogP contribution < -0.4 is 0 Å². The number of aliphatic hydroxyl groups is 4. The summed E-state index contributed by atoms with van der Waals surface area (Å²) in [5.41, 5.74) is 3.77. The van der Waals surface area contributed by atoms with E-state index < -0.39 is 12.2 Å². The van der Waals surface area contributed by atoms with Crippen molar-refractivity contribution >= 4 is 0 Å². The molecule has 0 radical (unpaired) electrons. The first-order chi connectivity index (χ1) is 23.2. The largest absolute Gasteiger partial charge is 0.412 e. The molecule has 5 rings (SSSR count). The highest BCUT2D eigenvalue weighted by atomic mass is 16.5. The van der Waals surface area contributed by atoms with E-state index in [1.807, 2.05) is 26.0 Å². The van der Waals surface area contributed by atoms with Gasteiger partial charge in [0.2, 0.25) is 0 Å². The smallest absolute Gasteiger partial charge is 0.0685 e. The Kier molecular flexibility index (Phi) is 18.0. The van der Waals surface area contributed by atoms with Crippen LogP contribution in [0.2, 0.25) is 0 Å². The second-order valence-electron chi connectivity index (χ2n) is 16.1. The van der Waals surface area contributed by atoms with E-state index in [1.54, 1.807) is 0 Å². The molecule has 0 spiro atoms. The van der Waals surface area contributed by atoms with Crippen LogP contribution in [0.5, 0.6) is 0 Å². The summed E-state index contributed by atoms with van der Waals surface area (Å²) >= 11 is 0. The van der Waals surface area contributed by atoms with E-state index in [1.165, 1.54) is 51.4 Å². The Hall–Kier alpha value is -1.06. The molecule has 284 valence electrons. The van der Waals surface area contributed by atoms with Gasteiger partial charge in [0.25, 0.3) is 0 Å². The van der Waals surface area contributed by atoms with Crippen LogP contribution in [0.4, 0.5) is 0 Å². The average Bonchev–Trinajstić information content (AvgIpc) is 3.44. The summed E-state index contributed by atoms with van der Waals surface area (Å²) in [6, 6.07) is 4.09. The van der Waals surface area contributed by atoms with Gasteiger partial charge in [0.1, 0.15) is 0 Å². The lowest BCUT2D eigenvalue weighted by atomic mass is 9.65. The normalized spacial score (nSPS) is 32.8. The number of hydrogen-bond acceptors (Lipinski definition) is 6. The Labute approximate surface area is 298 Å². The summed E-state index contributed by atoms with van der Waals surface area (Å²) in [6.45, 7) is 14.3. The van der Waals surface area contributed by atoms with Gasteiger partial charge >= 0.3 is 0 Å². The summed E-state index contributed by atoms with van der Waals surface area (Å²) < 4.78 is 12.4. The number of aryl methyl sites for hydroxylation is 2. The average molecular weight is 691 g/mol. The van der Waals surface area contributed by atoms with Gasteiger partial charge in [-0.2, -0.15) is 0 Å². The lowest BCUT2D eigenvalue weighted by Gasteiger charge is -2.41. The maximum atomic E-state index is 11.5. The molecule has 4 fully saturated rings. The minimum atomic E-state index is -0.401. The van der Waals surface area contributed by atoms with Crippen LogP contribution in [0.3, 0.4) is 0 Å². The van der Waals surface area contributed by atoms with Crippen LogP contribution in [-0.2, 0) is 35.5 Å². The number of fused-ring (bicyclic) bond motifs is 2. The Morgan fingerprint density at radius 3 is 1.37 bits per heavy atom. The highest BCUT2D eigenvalue weighted by molar-refractivity contribution is 5.38. The van der Waals surface area contributed by atoms with Crippen molar-refractivity contribution in [3.8, 4) is 0 Å². The Morgan fingerprint density at radius 2 is 1.00 bits per heavy atom. The standard InChI is InChI=1S/C40H66O6.C2H6.H2O/c1-25-11-13-29-7-5-9-35(37(29)23-45-25)27(3)39(43)17-15-31-19-33(21-41)34(22-42)20-32(31)16-18-40(44)28(4)36-10-6-8-30-14-12-26(2)46-24-38(30)36;1-2;/h19-20,25-30,35-44H,5-18,21-24H2,1-4H3;1-2H3;1H2. The molecular formula is C42H74O7. The molecule has 12 unspecified atom stereocenters. The van der Waals surface area contributed by atoms with Crippen LogP contribution in [0.25, 0.3) is 0 Å². The number of benzene rings is 1. The summed E-state index contributed by atoms with van der Waals surface area (Å²) in [7, 11) is 0. The molecule has 7 heteroatoms. The fourth-order valence-electron chi connectivity index (χ4n) is 10.2. The predicted molar refractivity (Wildman–Crippen MR) is 198 cm³/mol. The van der Waals surface area contributed by atoms with Gasteiger partial charge in [0, 0.05) is 0 Å². The third-order valence-corrected chi connectivity index (χ3v) is 13.4. The van der Waals surface area contributed by atoms with E-state index in [-0.39, 0.29) is 30.5 Å². The monoisotopic (exact) mass is 691 g/mol. The van der Waals surface area contributed by atoms with Gasteiger partial charge in [-0.25, -0.2) is 0 Å². The van der Waals surface area contributed by atoms with Gasteiger partial charge in [-0.05, 0) is 148 Å². The van der Waals surface area contributed by atoms with Gasteiger partial charge in [0.05, 0.1) is 50.8 Å². The zero-order valence-electron chi connectivity index (χ0n) is 31.9. The zero-order chi connectivity index (χ0) is 34.8. The fourth-order valence-corrected chi connectivity index (χ4v) is 10.2. The summed E-state index contributed by atoms with van der Waals surface area (Å²) in [6.07, 6.45) is 14.9. The molecule has 0 amide bonds. The summed E-state index contributed by atoms with van der Waals surface area (Å²) in [4.78, 5) is 0. The lowest BCUT2D eigenvalue weighted by Crippen LogP contribution is -2.39. The molecule has 12 atom stereocenters. The van der Waals surface area contributed by atoms with Gasteiger partial charge in [-0.3, -0.25) is 0 Å². The topological polar surface area (TPSA) is 131 Å². The highest BCUT2D eigenvalue weighted by Gasteiger charge is 2.41. The molecule has 0 aromatic heterocycles. The summed E-state index contributed by atoms with van der Waals surface area (Å²) in [5.74, 6) is 3.91. The van der Waals surface area contributed by atoms with E-state index in [9.17, 15) is 20.4 Å². The summed E-state index contributed by atoms with van der Waals surface area (Å²) in [5, 5.41) is 43.3. The van der Waals surface area contributed by atoms with Crippen LogP contribution in [0.1, 0.15) is 141 Å². The Bertz CT molecular complexity index is 996. The molecular weight excluding hydrogens is 616 g/mol. The van der Waals surface area contributed by atoms with E-state index in [2.05, 4.69) is 27.7 Å². The molecule has 1 aromatic rings. The zero-order valence-corrected chi connectivity index (χ0v) is 31.9. The Balaban J connectivity index is 0.00000213. The van der Waals surface area contributed by atoms with Crippen LogP contribution in [0, 0.1) is 47.3 Å². The highest BCUT2D eigenvalue weighted by Crippen LogP contribution is 2.46. The maximum absolute atomic E-state index is 11.5. The molecule has 2 aliphatic carbocycles. The van der Waals surface area contributed by atoms with Crippen LogP contribution in [-0.4, -0.2) is 63.5 Å². The van der Waals surface area contributed by atoms with Crippen molar-refractivity contribution in [3.05, 3.63) is 34.4 Å². The SMILES string of the molecule is CC.CC1CCC2CCCC(C(C)C(O)CCc3cc(CO)c(CO)cc3CCC(O)C(C)C3CCCC4CCC(C)OCC43)C2CO1.O. The van der Waals surface area contributed by atoms with Crippen molar-refractivity contribution in [2.75, 3.05) is 13.2 Å². The first-order valence-corrected chi connectivity index (χ1v) is 20.1. The first kappa shape index (κ1) is 42.4. The van der Waals surface area contributed by atoms with Gasteiger partial charge < -0.3 is 35.4 Å². The molecule has 49 heavy (non-hydrogen) atoms. The van der Waals surface area contributed by atoms with E-state index in [0.29, 0.717) is 48.7 Å². The molecule has 2 saturated heterocycles. The molecule has 4 aliphatic rings. The number of hydrogen-bond donors (Lipinski definition) is 4. The van der Waals surface area contributed by atoms with Crippen molar-refractivity contribution in [3.63, 3.8) is 0 Å². The second-order valence-corrected chi connectivity index (χ2v) is 16.1. The number of rotatable bonds is 12. The van der Waals surface area contributed by atoms with Crippen molar-refractivity contribution in [1.82, 2.24) is 0 Å². The van der Waals surface area contributed by atoms with E-state index >= 15 is 0 Å². The van der Waals surface area contributed by atoms with Crippen molar-refractivity contribution in [2.24, 2.45) is 47.3 Å². The third kappa shape index (κ3) is 11.0. The fraction of sp³-hybridized carbons (Fsp3) is 0.857. The minimum Gasteiger partial charge on any atom is -0.412 e. The molecule has 0 bridgehead atoms. The predicted octanol–water partition coefficient (Wildman–Crippen LogP) is 7.19. The quantitative estimate of drug-likeness (QED) is 0.184. The molecule has 7 nitrogen and oxygen atoms in total. The van der Waals surface area contributed by atoms with E-state index in [0.717, 1.165) is 73.0 Å². The second kappa shape index (κ2) is 20.8. The molecule has 6 N–H and O–H groups in total. The van der Waals surface area contributed by atoms with Gasteiger partial charge in [-0.1, -0.05) is 65.5 Å². The van der Waals surface area contributed by atoms with Crippen molar-refractivity contribution in [1.29, 1.82) is 0 Å². The van der Waals surface area contributed by atoms with Crippen molar-refractivity contribution < 1.29 is 35.4 Å². The maximum Gasteiger partial charge on any atom is 0.0685 e. The molecule has 2 aliphatic heterocycles. The minimum absolute atomic E-state index is 0. The van der Waals surface area contributed by atoms with Crippen LogP contribution in [0.15, 0.2) is 12.1 Å². The van der Waals surface area contributed by atoms with Crippen LogP contribution >= 0.6 is 0 Å². The van der Waals surface area contributed by atoms with Gasteiger partial charge in [-0.15, -0.1) is 0 Å². The Morgan fingerprint density at radius 1 is 0.612 bits per heavy atom. The third-order valence-electron chi connectivity index (χ3n) is 13.4. The van der Waals surface area contributed by atoms with Crippen molar-refractivity contribution in [2.45, 2.75) is 169 Å². The first-order valence-electron chi connectivity index (χ1n) is 20.1. The lowest BCUT2D eigenvalue weighted by molar-refractivity contribution is -0.0227. The molecule has 2 heterocycles. The molecule has 1 aromatic carbocycles. The number of aliphatic hydroxyl groups excluding tert-OH is 4. The van der Waals surface area contributed by atoms with E-state index in [4.69, 9.17) is 9.47 Å².